The fraction of sp³-hybridized carbons (Fsp3) is 0.389. The van der Waals surface area contributed by atoms with Crippen LogP contribution in [0, 0.1) is 17.2 Å². The highest BCUT2D eigenvalue weighted by Gasteiger charge is 2.28. The highest BCUT2D eigenvalue weighted by atomic mass is 16.2. The van der Waals surface area contributed by atoms with E-state index >= 15 is 0 Å². The first-order chi connectivity index (χ1) is 11.7. The second-order valence-electron chi connectivity index (χ2n) is 6.38. The van der Waals surface area contributed by atoms with Crippen LogP contribution in [0.3, 0.4) is 0 Å². The molecule has 0 bridgehead atoms. The van der Waals surface area contributed by atoms with Gasteiger partial charge in [-0.25, -0.2) is 0 Å². The number of nitrogens with zero attached hydrogens (tertiary/aromatic N) is 4. The van der Waals surface area contributed by atoms with Crippen LogP contribution < -0.4 is 0 Å². The number of nitriles is 1. The van der Waals surface area contributed by atoms with E-state index in [0.29, 0.717) is 17.2 Å². The average molecular weight is 323 g/mol. The first-order valence-electron chi connectivity index (χ1n) is 8.11. The summed E-state index contributed by atoms with van der Waals surface area (Å²) in [5.74, 6) is 0.454. The highest BCUT2D eigenvalue weighted by molar-refractivity contribution is 5.93. The van der Waals surface area contributed by atoms with Crippen molar-refractivity contribution in [2.45, 2.75) is 13.0 Å². The van der Waals surface area contributed by atoms with Gasteiger partial charge >= 0.3 is 0 Å². The van der Waals surface area contributed by atoms with Gasteiger partial charge in [0.2, 0.25) is 0 Å². The topological polar surface area (TPSA) is 76.0 Å². The van der Waals surface area contributed by atoms with Crippen LogP contribution in [0.25, 0.3) is 0 Å². The lowest BCUT2D eigenvalue weighted by atomic mass is 10.1. The summed E-state index contributed by atoms with van der Waals surface area (Å²) in [7, 11) is 2.10. The van der Waals surface area contributed by atoms with E-state index in [0.717, 1.165) is 32.6 Å². The fourth-order valence-electron chi connectivity index (χ4n) is 3.23. The molecular formula is C18H21N5O. The van der Waals surface area contributed by atoms with Crippen LogP contribution in [0.4, 0.5) is 0 Å². The van der Waals surface area contributed by atoms with Crippen molar-refractivity contribution in [1.29, 1.82) is 5.26 Å². The Balaban J connectivity index is 1.51. The van der Waals surface area contributed by atoms with Gasteiger partial charge in [-0.05, 0) is 37.1 Å². The number of pyridine rings is 1. The van der Waals surface area contributed by atoms with Crippen LogP contribution >= 0.6 is 0 Å². The minimum absolute atomic E-state index is 0.0195. The molecule has 1 N–H and O–H groups in total. The van der Waals surface area contributed by atoms with Crippen molar-refractivity contribution in [1.82, 2.24) is 19.8 Å². The SMILES string of the molecule is CN(Cc1cccnc1)CC1CCN(C(=O)c2cc(C#N)c[nH]2)C1. The van der Waals surface area contributed by atoms with Gasteiger partial charge < -0.3 is 14.8 Å². The maximum Gasteiger partial charge on any atom is 0.270 e. The molecule has 0 aromatic carbocycles. The molecule has 0 aliphatic carbocycles. The number of carbonyl (C=O) groups excluding carboxylic acids is 1. The molecule has 124 valence electrons. The van der Waals surface area contributed by atoms with E-state index in [-0.39, 0.29) is 5.91 Å². The van der Waals surface area contributed by atoms with Gasteiger partial charge in [0.05, 0.1) is 5.56 Å². The van der Waals surface area contributed by atoms with Crippen molar-refractivity contribution in [2.24, 2.45) is 5.92 Å². The molecule has 1 aliphatic heterocycles. The molecule has 24 heavy (non-hydrogen) atoms. The van der Waals surface area contributed by atoms with Crippen LogP contribution in [-0.4, -0.2) is 52.4 Å². The molecule has 1 unspecified atom stereocenters. The van der Waals surface area contributed by atoms with E-state index in [1.807, 2.05) is 23.2 Å². The molecule has 1 saturated heterocycles. The highest BCUT2D eigenvalue weighted by Crippen LogP contribution is 2.20. The van der Waals surface area contributed by atoms with Crippen molar-refractivity contribution in [3.05, 3.63) is 53.6 Å². The monoisotopic (exact) mass is 323 g/mol. The summed E-state index contributed by atoms with van der Waals surface area (Å²) in [5, 5.41) is 8.86. The lowest BCUT2D eigenvalue weighted by Crippen LogP contribution is -2.31. The zero-order valence-corrected chi connectivity index (χ0v) is 13.8. The van der Waals surface area contributed by atoms with Gasteiger partial charge in [-0.2, -0.15) is 5.26 Å². The van der Waals surface area contributed by atoms with Crippen molar-refractivity contribution in [3.8, 4) is 6.07 Å². The summed E-state index contributed by atoms with van der Waals surface area (Å²) in [6.07, 6.45) is 6.25. The third-order valence-electron chi connectivity index (χ3n) is 4.36. The van der Waals surface area contributed by atoms with Crippen molar-refractivity contribution < 1.29 is 4.79 Å². The molecule has 0 radical (unpaired) electrons. The fourth-order valence-corrected chi connectivity index (χ4v) is 3.23. The Morgan fingerprint density at radius 3 is 3.17 bits per heavy atom. The molecule has 3 rings (SSSR count). The zero-order chi connectivity index (χ0) is 16.9. The number of H-pyrrole nitrogens is 1. The summed E-state index contributed by atoms with van der Waals surface area (Å²) < 4.78 is 0. The molecule has 6 heteroatoms. The van der Waals surface area contributed by atoms with E-state index in [4.69, 9.17) is 5.26 Å². The maximum absolute atomic E-state index is 12.5. The first kappa shape index (κ1) is 16.2. The number of amides is 1. The molecule has 6 nitrogen and oxygen atoms in total. The molecule has 0 saturated carbocycles. The van der Waals surface area contributed by atoms with Gasteiger partial charge in [0.1, 0.15) is 11.8 Å². The summed E-state index contributed by atoms with van der Waals surface area (Å²) in [6, 6.07) is 7.68. The molecular weight excluding hydrogens is 302 g/mol. The van der Waals surface area contributed by atoms with E-state index in [1.54, 1.807) is 18.5 Å². The predicted molar refractivity (Wildman–Crippen MR) is 90.1 cm³/mol. The second kappa shape index (κ2) is 7.28. The van der Waals surface area contributed by atoms with Gasteiger partial charge in [-0.3, -0.25) is 9.78 Å². The largest absolute Gasteiger partial charge is 0.356 e. The molecule has 2 aromatic heterocycles. The molecule has 1 amide bonds. The first-order valence-corrected chi connectivity index (χ1v) is 8.11. The number of aromatic nitrogens is 2. The summed E-state index contributed by atoms with van der Waals surface area (Å²) in [6.45, 7) is 3.34. The molecule has 1 atom stereocenters. The molecule has 1 fully saturated rings. The number of aromatic amines is 1. The third-order valence-corrected chi connectivity index (χ3v) is 4.36. The summed E-state index contributed by atoms with van der Waals surface area (Å²) >= 11 is 0. The number of likely N-dealkylation sites (tertiary alicyclic amines) is 1. The maximum atomic E-state index is 12.5. The number of rotatable bonds is 5. The average Bonchev–Trinajstić information content (AvgIpc) is 3.24. The van der Waals surface area contributed by atoms with Crippen molar-refractivity contribution in [2.75, 3.05) is 26.7 Å². The second-order valence-corrected chi connectivity index (χ2v) is 6.38. The van der Waals surface area contributed by atoms with E-state index in [1.165, 1.54) is 5.56 Å². The standard InChI is InChI=1S/C18H21N5O/c1-22(11-14-3-2-5-20-9-14)12-15-4-6-23(13-15)18(24)17-7-16(8-19)10-21-17/h2-3,5,7,9-10,15,21H,4,6,11-13H2,1H3. The zero-order valence-electron chi connectivity index (χ0n) is 13.8. The quantitative estimate of drug-likeness (QED) is 0.911. The van der Waals surface area contributed by atoms with Crippen LogP contribution in [-0.2, 0) is 6.54 Å². The smallest absolute Gasteiger partial charge is 0.270 e. The van der Waals surface area contributed by atoms with Gasteiger partial charge in [0.25, 0.3) is 5.91 Å². The van der Waals surface area contributed by atoms with Crippen LogP contribution in [0.15, 0.2) is 36.8 Å². The Kier molecular flexibility index (Phi) is 4.92. The lowest BCUT2D eigenvalue weighted by molar-refractivity contribution is 0.0779. The number of hydrogen-bond acceptors (Lipinski definition) is 4. The minimum Gasteiger partial charge on any atom is -0.356 e. The van der Waals surface area contributed by atoms with Gasteiger partial charge in [0, 0.05) is 44.8 Å². The summed E-state index contributed by atoms with van der Waals surface area (Å²) in [4.78, 5) is 23.6. The number of nitrogens with one attached hydrogen (secondary N) is 1. The van der Waals surface area contributed by atoms with E-state index in [9.17, 15) is 4.79 Å². The van der Waals surface area contributed by atoms with Crippen molar-refractivity contribution >= 4 is 5.91 Å². The summed E-state index contributed by atoms with van der Waals surface area (Å²) in [5.41, 5.74) is 2.18. The van der Waals surface area contributed by atoms with Crippen molar-refractivity contribution in [3.63, 3.8) is 0 Å². The molecule has 1 aliphatic rings. The Bertz CT molecular complexity index is 733. The van der Waals surface area contributed by atoms with E-state index < -0.39 is 0 Å². The third kappa shape index (κ3) is 3.81. The molecule has 0 spiro atoms. The Labute approximate surface area is 141 Å². The Morgan fingerprint density at radius 1 is 1.58 bits per heavy atom. The molecule has 2 aromatic rings. The van der Waals surface area contributed by atoms with Crippen LogP contribution in [0.5, 0.6) is 0 Å². The number of carbonyl (C=O) groups is 1. The van der Waals surface area contributed by atoms with Crippen LogP contribution in [0.2, 0.25) is 0 Å². The Hall–Kier alpha value is -2.65. The molecule has 3 heterocycles. The van der Waals surface area contributed by atoms with Gasteiger partial charge in [-0.1, -0.05) is 6.07 Å². The minimum atomic E-state index is -0.0195. The van der Waals surface area contributed by atoms with Gasteiger partial charge in [-0.15, -0.1) is 0 Å². The number of hydrogen-bond donors (Lipinski definition) is 1. The normalized spacial score (nSPS) is 17.2. The van der Waals surface area contributed by atoms with E-state index in [2.05, 4.69) is 28.0 Å². The van der Waals surface area contributed by atoms with Crippen LogP contribution in [0.1, 0.15) is 28.0 Å². The Morgan fingerprint density at radius 2 is 2.46 bits per heavy atom. The predicted octanol–water partition coefficient (Wildman–Crippen LogP) is 1.88. The lowest BCUT2D eigenvalue weighted by Gasteiger charge is -2.21. The van der Waals surface area contributed by atoms with Gasteiger partial charge in [0.15, 0.2) is 0 Å².